The molecule has 0 nitrogen and oxygen atoms in total. The molecule has 2 heteroatoms. The Hall–Kier alpha value is -2.42. The average molecular weight is 737 g/mol. The van der Waals surface area contributed by atoms with E-state index in [9.17, 15) is 0 Å². The van der Waals surface area contributed by atoms with Gasteiger partial charge in [-0.25, -0.2) is 0 Å². The van der Waals surface area contributed by atoms with Crippen LogP contribution < -0.4 is 3.32 Å². The molecule has 0 unspecified atom stereocenters. The van der Waals surface area contributed by atoms with Crippen molar-refractivity contribution in [1.29, 1.82) is 0 Å². The zero-order valence-electron chi connectivity index (χ0n) is 26.9. The van der Waals surface area contributed by atoms with Crippen LogP contribution in [0.2, 0.25) is 13.0 Å². The predicted octanol–water partition coefficient (Wildman–Crippen LogP) is 10.8. The Bertz CT molecular complexity index is 1810. The number of aryl methyl sites for hydroxylation is 1. The normalized spacial score (nSPS) is 15.3. The summed E-state index contributed by atoms with van der Waals surface area (Å²) in [7, 11) is 0. The molecule has 1 heterocycles. The molecule has 0 atom stereocenters. The fraction of sp³-hybridized carbons (Fsp3) is 0.325. The van der Waals surface area contributed by atoms with Gasteiger partial charge in [0.1, 0.15) is 0 Å². The van der Waals surface area contributed by atoms with Crippen molar-refractivity contribution in [3.63, 3.8) is 0 Å². The maximum atomic E-state index is 2.77. The summed E-state index contributed by atoms with van der Waals surface area (Å²) in [6.07, 6.45) is 10.7. The van der Waals surface area contributed by atoms with E-state index in [1.165, 1.54) is 37.6 Å². The van der Waals surface area contributed by atoms with Crippen LogP contribution in [0.3, 0.4) is 0 Å². The van der Waals surface area contributed by atoms with E-state index in [0.29, 0.717) is 3.67 Å². The van der Waals surface area contributed by atoms with Crippen LogP contribution in [-0.4, -0.2) is 3.26 Å². The van der Waals surface area contributed by atoms with E-state index < -0.39 is 18.0 Å². The van der Waals surface area contributed by atoms with Gasteiger partial charge in [0.15, 0.2) is 0 Å². The summed E-state index contributed by atoms with van der Waals surface area (Å²) >= 11 is -2.47. The van der Waals surface area contributed by atoms with Crippen LogP contribution in [0.25, 0.3) is 11.1 Å². The van der Waals surface area contributed by atoms with Gasteiger partial charge in [0, 0.05) is 0 Å². The van der Waals surface area contributed by atoms with Crippen LogP contribution in [0.1, 0.15) is 79.1 Å². The minimum atomic E-state index is -4.45. The van der Waals surface area contributed by atoms with E-state index in [1.807, 2.05) is 11.3 Å². The molecule has 0 radical (unpaired) electrons. The number of hydrogen-bond donors (Lipinski definition) is 0. The quantitative estimate of drug-likeness (QED) is 0.161. The molecule has 0 aliphatic heterocycles. The standard InChI is InChI=1S/C21H25.C12H10S.C5H5.2CH3.Hf/c1-20(2,3)16-7-9-18-14(12-16)11-15-13-17(21(4,5)6)8-10-19(15)18;1-10-7-8-12(13-10)9-11-5-3-2-4-6-11;1-2-4-5-3-1;;;/h7-10,12H,11H2,1-6H3;2-8H,1H3;1-5H;2*1H3;. The second-order valence-electron chi connectivity index (χ2n) is 15.5. The summed E-state index contributed by atoms with van der Waals surface area (Å²) in [4.78, 5) is 2.84. The molecule has 0 saturated carbocycles. The number of hydrogen-bond acceptors (Lipinski definition) is 1. The number of thiophene rings is 1. The van der Waals surface area contributed by atoms with Gasteiger partial charge in [0.2, 0.25) is 0 Å². The van der Waals surface area contributed by atoms with E-state index >= 15 is 0 Å². The number of fused-ring (bicyclic) bond motifs is 3. The van der Waals surface area contributed by atoms with Gasteiger partial charge in [-0.05, 0) is 0 Å². The molecule has 2 aliphatic rings. The van der Waals surface area contributed by atoms with Gasteiger partial charge in [0.05, 0.1) is 0 Å². The van der Waals surface area contributed by atoms with Crippen LogP contribution in [0.4, 0.5) is 0 Å². The second-order valence-corrected chi connectivity index (χ2v) is 40.7. The molecule has 216 valence electrons. The Balaban J connectivity index is 1.81. The van der Waals surface area contributed by atoms with Crippen molar-refractivity contribution in [2.75, 3.05) is 0 Å². The van der Waals surface area contributed by atoms with Crippen LogP contribution in [-0.2, 0) is 35.3 Å². The van der Waals surface area contributed by atoms with Crippen molar-refractivity contribution in [3.05, 3.63) is 135 Å². The third-order valence-corrected chi connectivity index (χ3v) is 35.4. The van der Waals surface area contributed by atoms with E-state index in [-0.39, 0.29) is 10.8 Å². The van der Waals surface area contributed by atoms with Crippen LogP contribution in [0.15, 0.2) is 97.1 Å². The SMILES string of the molecule is Cc1ccc([C](c2ccccc2)=[Hf]([CH3])([CH3])([c]2c(C(C)(C)C)ccc3c2Cc2cc(C(C)(C)C)ccc2-3)[CH]2C=CC=C2)s1. The summed E-state index contributed by atoms with van der Waals surface area (Å²) in [5, 5.41) is 0. The molecule has 3 aromatic carbocycles. The Kier molecular flexibility index (Phi) is 7.10. The van der Waals surface area contributed by atoms with Gasteiger partial charge in [-0.15, -0.1) is 0 Å². The average Bonchev–Trinajstić information content (AvgIpc) is 3.68. The zero-order chi connectivity index (χ0) is 30.1. The Morgan fingerprint density at radius 2 is 1.43 bits per heavy atom. The van der Waals surface area contributed by atoms with E-state index in [1.54, 1.807) is 17.7 Å². The number of rotatable bonds is 4. The number of allylic oxidation sites excluding steroid dienone is 4. The topological polar surface area (TPSA) is 0 Å². The van der Waals surface area contributed by atoms with E-state index in [0.717, 1.165) is 6.42 Å². The van der Waals surface area contributed by atoms with E-state index in [2.05, 4.69) is 155 Å². The van der Waals surface area contributed by atoms with Crippen molar-refractivity contribution in [1.82, 2.24) is 0 Å². The second kappa shape index (κ2) is 10.1. The van der Waals surface area contributed by atoms with E-state index in [4.69, 9.17) is 0 Å². The molecule has 0 fully saturated rings. The fourth-order valence-corrected chi connectivity index (χ4v) is 35.6. The molecule has 0 spiro atoms. The summed E-state index contributed by atoms with van der Waals surface area (Å²) in [5.74, 6) is 0. The van der Waals surface area contributed by atoms with Crippen molar-refractivity contribution in [2.45, 2.75) is 78.8 Å². The van der Waals surface area contributed by atoms with Crippen molar-refractivity contribution in [2.24, 2.45) is 0 Å². The van der Waals surface area contributed by atoms with Crippen molar-refractivity contribution in [3.8, 4) is 11.1 Å². The zero-order valence-corrected chi connectivity index (χ0v) is 31.3. The third-order valence-electron chi connectivity index (χ3n) is 10.1. The van der Waals surface area contributed by atoms with Crippen molar-refractivity contribution >= 4 is 17.9 Å². The molecule has 0 N–H and O–H groups in total. The Morgan fingerprint density at radius 1 is 0.762 bits per heavy atom. The predicted molar refractivity (Wildman–Crippen MR) is 184 cm³/mol. The van der Waals surface area contributed by atoms with Crippen LogP contribution in [0.5, 0.6) is 0 Å². The molecule has 0 bridgehead atoms. The summed E-state index contributed by atoms with van der Waals surface area (Å²) in [5.41, 5.74) is 10.5. The first-order valence-corrected chi connectivity index (χ1v) is 29.2. The molecule has 42 heavy (non-hydrogen) atoms. The van der Waals surface area contributed by atoms with Gasteiger partial charge < -0.3 is 0 Å². The van der Waals surface area contributed by atoms with Crippen LogP contribution >= 0.6 is 11.3 Å². The van der Waals surface area contributed by atoms with Gasteiger partial charge in [-0.2, -0.15) is 0 Å². The Labute approximate surface area is 258 Å². The molecule has 0 amide bonds. The molecule has 1 aromatic heterocycles. The molecule has 4 aromatic rings. The van der Waals surface area contributed by atoms with Gasteiger partial charge in [-0.3, -0.25) is 0 Å². The van der Waals surface area contributed by atoms with Gasteiger partial charge >= 0.3 is 260 Å². The first-order valence-electron chi connectivity index (χ1n) is 15.5. The first kappa shape index (κ1) is 29.6. The minimum absolute atomic E-state index is 0.0263. The van der Waals surface area contributed by atoms with Crippen LogP contribution in [0, 0.1) is 6.92 Å². The molecular weight excluding hydrogens is 691 g/mol. The van der Waals surface area contributed by atoms with Crippen molar-refractivity contribution < 1.29 is 18.0 Å². The van der Waals surface area contributed by atoms with Gasteiger partial charge in [0.25, 0.3) is 0 Å². The first-order chi connectivity index (χ1) is 19.7. The summed E-state index contributed by atoms with van der Waals surface area (Å²) in [6.45, 7) is 16.5. The Morgan fingerprint density at radius 3 is 2.02 bits per heavy atom. The summed E-state index contributed by atoms with van der Waals surface area (Å²) in [6, 6.07) is 28.4. The van der Waals surface area contributed by atoms with Gasteiger partial charge in [-0.1, -0.05) is 0 Å². The fourth-order valence-electron chi connectivity index (χ4n) is 7.85. The summed E-state index contributed by atoms with van der Waals surface area (Å²) < 4.78 is 9.32. The number of benzene rings is 3. The maximum absolute atomic E-state index is 4.45. The monoisotopic (exact) mass is 738 g/mol. The molecule has 6 rings (SSSR count). The third kappa shape index (κ3) is 4.69. The molecule has 2 aliphatic carbocycles. The molecular formula is C40H46HfS. The molecule has 0 saturated heterocycles.